The standard InChI is InChI=1S/C17H16ClNO4/c1-11(16(21)19(2)13-6-4-3-5-7-13)23-17(22)14-9-8-12(18)10-15(14)20/h3-11,20H,1-2H3. The van der Waals surface area contributed by atoms with Gasteiger partial charge in [-0.3, -0.25) is 4.79 Å². The molecule has 0 radical (unpaired) electrons. The van der Waals surface area contributed by atoms with Gasteiger partial charge in [-0.2, -0.15) is 0 Å². The predicted octanol–water partition coefficient (Wildman–Crippen LogP) is 3.25. The average Bonchev–Trinajstić information content (AvgIpc) is 2.54. The first-order valence-electron chi connectivity index (χ1n) is 6.92. The van der Waals surface area contributed by atoms with Gasteiger partial charge in [0.25, 0.3) is 5.91 Å². The third-order valence-corrected chi connectivity index (χ3v) is 3.52. The second-order valence-electron chi connectivity index (χ2n) is 4.94. The van der Waals surface area contributed by atoms with Crippen LogP contribution in [0.4, 0.5) is 5.69 Å². The molecule has 2 aromatic rings. The van der Waals surface area contributed by atoms with Gasteiger partial charge in [-0.1, -0.05) is 29.8 Å². The van der Waals surface area contributed by atoms with Crippen LogP contribution in [0, 0.1) is 0 Å². The molecule has 0 bridgehead atoms. The maximum absolute atomic E-state index is 12.3. The third-order valence-electron chi connectivity index (χ3n) is 3.29. The van der Waals surface area contributed by atoms with Crippen LogP contribution in [-0.4, -0.2) is 30.1 Å². The Hall–Kier alpha value is -2.53. The quantitative estimate of drug-likeness (QED) is 0.872. The molecule has 120 valence electrons. The molecule has 2 aromatic carbocycles. The van der Waals surface area contributed by atoms with Gasteiger partial charge in [0.05, 0.1) is 0 Å². The Kier molecular flexibility index (Phi) is 5.24. The number of hydrogen-bond acceptors (Lipinski definition) is 4. The molecular weight excluding hydrogens is 318 g/mol. The van der Waals surface area contributed by atoms with E-state index in [4.69, 9.17) is 16.3 Å². The number of rotatable bonds is 4. The molecule has 0 aromatic heterocycles. The molecule has 0 aliphatic heterocycles. The first-order chi connectivity index (χ1) is 10.9. The van der Waals surface area contributed by atoms with Crippen LogP contribution in [0.2, 0.25) is 5.02 Å². The van der Waals surface area contributed by atoms with Crippen molar-refractivity contribution >= 4 is 29.2 Å². The highest BCUT2D eigenvalue weighted by atomic mass is 35.5. The van der Waals surface area contributed by atoms with Crippen LogP contribution >= 0.6 is 11.6 Å². The molecule has 0 aliphatic carbocycles. The number of aromatic hydroxyl groups is 1. The van der Waals surface area contributed by atoms with Gasteiger partial charge in [-0.15, -0.1) is 0 Å². The van der Waals surface area contributed by atoms with Gasteiger partial charge in [0, 0.05) is 17.8 Å². The SMILES string of the molecule is CC(OC(=O)c1ccc(Cl)cc1O)C(=O)N(C)c1ccccc1. The highest BCUT2D eigenvalue weighted by molar-refractivity contribution is 6.30. The summed E-state index contributed by atoms with van der Waals surface area (Å²) in [7, 11) is 1.60. The number of nitrogens with zero attached hydrogens (tertiary/aromatic N) is 1. The monoisotopic (exact) mass is 333 g/mol. The molecule has 6 heteroatoms. The molecule has 1 unspecified atom stereocenters. The first kappa shape index (κ1) is 16.8. The number of anilines is 1. The second-order valence-corrected chi connectivity index (χ2v) is 5.38. The van der Waals surface area contributed by atoms with Crippen molar-refractivity contribution in [2.45, 2.75) is 13.0 Å². The molecule has 0 spiro atoms. The largest absolute Gasteiger partial charge is 0.507 e. The number of carbonyl (C=O) groups is 2. The number of amides is 1. The lowest BCUT2D eigenvalue weighted by molar-refractivity contribution is -0.126. The molecule has 5 nitrogen and oxygen atoms in total. The Bertz CT molecular complexity index is 718. The van der Waals surface area contributed by atoms with E-state index in [2.05, 4.69) is 0 Å². The molecular formula is C17H16ClNO4. The molecule has 23 heavy (non-hydrogen) atoms. The predicted molar refractivity (Wildman–Crippen MR) is 87.8 cm³/mol. The number of phenols is 1. The van der Waals surface area contributed by atoms with Gasteiger partial charge in [-0.05, 0) is 37.3 Å². The summed E-state index contributed by atoms with van der Waals surface area (Å²) in [6.07, 6.45) is -0.997. The van der Waals surface area contributed by atoms with Crippen LogP contribution in [0.25, 0.3) is 0 Å². The fourth-order valence-corrected chi connectivity index (χ4v) is 2.17. The smallest absolute Gasteiger partial charge is 0.342 e. The minimum absolute atomic E-state index is 0.0450. The number of phenolic OH excluding ortho intramolecular Hbond substituents is 1. The zero-order chi connectivity index (χ0) is 17.0. The third kappa shape index (κ3) is 4.02. The summed E-state index contributed by atoms with van der Waals surface area (Å²) in [6, 6.07) is 13.0. The average molecular weight is 334 g/mol. The van der Waals surface area contributed by atoms with Gasteiger partial charge in [0.15, 0.2) is 6.10 Å². The maximum Gasteiger partial charge on any atom is 0.342 e. The zero-order valence-electron chi connectivity index (χ0n) is 12.7. The van der Waals surface area contributed by atoms with Crippen molar-refractivity contribution in [3.8, 4) is 5.75 Å². The number of para-hydroxylation sites is 1. The highest BCUT2D eigenvalue weighted by Crippen LogP contribution is 2.23. The van der Waals surface area contributed by atoms with E-state index in [-0.39, 0.29) is 17.2 Å². The van der Waals surface area contributed by atoms with Gasteiger partial charge in [0.1, 0.15) is 11.3 Å². The normalized spacial score (nSPS) is 11.6. The lowest BCUT2D eigenvalue weighted by Gasteiger charge is -2.21. The number of hydrogen-bond donors (Lipinski definition) is 1. The van der Waals surface area contributed by atoms with E-state index in [0.717, 1.165) is 0 Å². The van der Waals surface area contributed by atoms with Crippen LogP contribution < -0.4 is 4.90 Å². The lowest BCUT2D eigenvalue weighted by atomic mass is 10.2. The second kappa shape index (κ2) is 7.15. The number of ether oxygens (including phenoxy) is 1. The number of halogens is 1. The molecule has 1 amide bonds. The van der Waals surface area contributed by atoms with E-state index in [1.807, 2.05) is 18.2 Å². The van der Waals surface area contributed by atoms with E-state index in [9.17, 15) is 14.7 Å². The van der Waals surface area contributed by atoms with Crippen LogP contribution in [0.1, 0.15) is 17.3 Å². The van der Waals surface area contributed by atoms with Gasteiger partial charge in [0.2, 0.25) is 0 Å². The van der Waals surface area contributed by atoms with Crippen LogP contribution in [0.3, 0.4) is 0 Å². The van der Waals surface area contributed by atoms with Gasteiger partial charge in [-0.25, -0.2) is 4.79 Å². The topological polar surface area (TPSA) is 66.8 Å². The van der Waals surface area contributed by atoms with Gasteiger partial charge >= 0.3 is 5.97 Å². The highest BCUT2D eigenvalue weighted by Gasteiger charge is 2.24. The van der Waals surface area contributed by atoms with Gasteiger partial charge < -0.3 is 14.7 Å². The van der Waals surface area contributed by atoms with E-state index in [0.29, 0.717) is 10.7 Å². The molecule has 0 aliphatic rings. The summed E-state index contributed by atoms with van der Waals surface area (Å²) >= 11 is 5.71. The van der Waals surface area contributed by atoms with E-state index in [1.165, 1.54) is 30.0 Å². The molecule has 1 N–H and O–H groups in total. The fraction of sp³-hybridized carbons (Fsp3) is 0.176. The van der Waals surface area contributed by atoms with E-state index in [1.54, 1.807) is 19.2 Å². The first-order valence-corrected chi connectivity index (χ1v) is 7.30. The molecule has 0 saturated heterocycles. The number of benzene rings is 2. The summed E-state index contributed by atoms with van der Waals surface area (Å²) in [5.41, 5.74) is 0.645. The summed E-state index contributed by atoms with van der Waals surface area (Å²) in [5, 5.41) is 10.0. The summed E-state index contributed by atoms with van der Waals surface area (Å²) < 4.78 is 5.13. The van der Waals surface area contributed by atoms with Crippen molar-refractivity contribution < 1.29 is 19.4 Å². The van der Waals surface area contributed by atoms with Crippen LogP contribution in [-0.2, 0) is 9.53 Å². The Morgan fingerprint density at radius 1 is 1.17 bits per heavy atom. The Balaban J connectivity index is 2.07. The van der Waals surface area contributed by atoms with Crippen molar-refractivity contribution in [1.82, 2.24) is 0 Å². The number of carbonyl (C=O) groups excluding carboxylic acids is 2. The van der Waals surface area contributed by atoms with Crippen LogP contribution in [0.5, 0.6) is 5.75 Å². The number of esters is 1. The van der Waals surface area contributed by atoms with Crippen LogP contribution in [0.15, 0.2) is 48.5 Å². The van der Waals surface area contributed by atoms with Crippen molar-refractivity contribution in [3.05, 3.63) is 59.1 Å². The minimum atomic E-state index is -0.997. The number of likely N-dealkylation sites (N-methyl/N-ethyl adjacent to an activating group) is 1. The molecule has 2 rings (SSSR count). The van der Waals surface area contributed by atoms with Crippen molar-refractivity contribution in [2.24, 2.45) is 0 Å². The Morgan fingerprint density at radius 3 is 2.43 bits per heavy atom. The zero-order valence-corrected chi connectivity index (χ0v) is 13.4. The molecule has 1 atom stereocenters. The maximum atomic E-state index is 12.3. The molecule has 0 heterocycles. The van der Waals surface area contributed by atoms with E-state index >= 15 is 0 Å². The Morgan fingerprint density at radius 2 is 1.83 bits per heavy atom. The van der Waals surface area contributed by atoms with Crippen molar-refractivity contribution in [1.29, 1.82) is 0 Å². The summed E-state index contributed by atoms with van der Waals surface area (Å²) in [5.74, 6) is -1.46. The van der Waals surface area contributed by atoms with Crippen molar-refractivity contribution in [2.75, 3.05) is 11.9 Å². The van der Waals surface area contributed by atoms with E-state index < -0.39 is 12.1 Å². The fourth-order valence-electron chi connectivity index (χ4n) is 2.00. The summed E-state index contributed by atoms with van der Waals surface area (Å²) in [6.45, 7) is 1.48. The molecule has 0 fully saturated rings. The minimum Gasteiger partial charge on any atom is -0.507 e. The van der Waals surface area contributed by atoms with Crippen molar-refractivity contribution in [3.63, 3.8) is 0 Å². The molecule has 0 saturated carbocycles. The Labute approximate surface area is 139 Å². The lowest BCUT2D eigenvalue weighted by Crippen LogP contribution is -2.37. The summed E-state index contributed by atoms with van der Waals surface area (Å²) in [4.78, 5) is 25.8.